The van der Waals surface area contributed by atoms with E-state index in [4.69, 9.17) is 20.0 Å². The average molecular weight is 471 g/mol. The van der Waals surface area contributed by atoms with Crippen molar-refractivity contribution in [2.75, 3.05) is 31.5 Å². The van der Waals surface area contributed by atoms with Crippen molar-refractivity contribution in [2.45, 2.75) is 17.7 Å². The number of nitrogens with one attached hydrogen (secondary N) is 1. The van der Waals surface area contributed by atoms with Gasteiger partial charge in [-0.25, -0.2) is 13.2 Å². The van der Waals surface area contributed by atoms with E-state index in [9.17, 15) is 18.0 Å². The van der Waals surface area contributed by atoms with Crippen LogP contribution >= 0.6 is 0 Å². The van der Waals surface area contributed by atoms with Crippen LogP contribution in [0.15, 0.2) is 53.4 Å². The second-order valence-electron chi connectivity index (χ2n) is 6.60. The molecule has 2 aromatic rings. The molecule has 0 aromatic heterocycles. The number of esters is 1. The standard InChI is InChI=1S/C22H22N4O6S/c1-31-17-8-10-18(11-9-17)33(29,30)25-20-7-3-2-6-19(20)22(28)32-16-21(27)26(14-4-12-23)15-5-13-24/h2-3,6-11,25H,4-5,14-16H2,1H3. The van der Waals surface area contributed by atoms with E-state index in [1.54, 1.807) is 6.07 Å². The number of para-hydroxylation sites is 1. The quantitative estimate of drug-likeness (QED) is 0.492. The Balaban J connectivity index is 2.12. The molecule has 172 valence electrons. The van der Waals surface area contributed by atoms with Crippen LogP contribution < -0.4 is 9.46 Å². The lowest BCUT2D eigenvalue weighted by molar-refractivity contribution is -0.134. The van der Waals surface area contributed by atoms with Gasteiger partial charge < -0.3 is 14.4 Å². The SMILES string of the molecule is COc1ccc(S(=O)(=O)Nc2ccccc2C(=O)OCC(=O)N(CCC#N)CCC#N)cc1. The van der Waals surface area contributed by atoms with Gasteiger partial charge in [0.2, 0.25) is 0 Å². The number of hydrogen-bond donors (Lipinski definition) is 1. The number of methoxy groups -OCH3 is 1. The van der Waals surface area contributed by atoms with E-state index < -0.39 is 28.5 Å². The fourth-order valence-corrected chi connectivity index (χ4v) is 3.82. The van der Waals surface area contributed by atoms with Gasteiger partial charge in [0.1, 0.15) is 5.75 Å². The first-order valence-corrected chi connectivity index (χ1v) is 11.3. The Morgan fingerprint density at radius 3 is 2.18 bits per heavy atom. The number of carbonyl (C=O) groups excluding carboxylic acids is 2. The van der Waals surface area contributed by atoms with Crippen molar-refractivity contribution in [1.82, 2.24) is 4.90 Å². The fraction of sp³-hybridized carbons (Fsp3) is 0.273. The monoisotopic (exact) mass is 470 g/mol. The molecule has 0 aliphatic carbocycles. The number of nitrogens with zero attached hydrogens (tertiary/aromatic N) is 3. The van der Waals surface area contributed by atoms with Crippen LogP contribution in [0.3, 0.4) is 0 Å². The van der Waals surface area contributed by atoms with Gasteiger partial charge in [0, 0.05) is 13.1 Å². The molecule has 0 heterocycles. The van der Waals surface area contributed by atoms with Crippen molar-refractivity contribution in [1.29, 1.82) is 10.5 Å². The third-order valence-electron chi connectivity index (χ3n) is 4.43. The highest BCUT2D eigenvalue weighted by atomic mass is 32.2. The van der Waals surface area contributed by atoms with E-state index in [2.05, 4.69) is 4.72 Å². The zero-order valence-electron chi connectivity index (χ0n) is 17.9. The number of anilines is 1. The third-order valence-corrected chi connectivity index (χ3v) is 5.81. The van der Waals surface area contributed by atoms with Gasteiger partial charge in [0.25, 0.3) is 15.9 Å². The van der Waals surface area contributed by atoms with Crippen LogP contribution in [-0.4, -0.2) is 52.0 Å². The number of rotatable bonds is 11. The molecule has 33 heavy (non-hydrogen) atoms. The summed E-state index contributed by atoms with van der Waals surface area (Å²) < 4.78 is 37.9. The molecule has 1 N–H and O–H groups in total. The van der Waals surface area contributed by atoms with E-state index >= 15 is 0 Å². The minimum absolute atomic E-state index is 0.0171. The van der Waals surface area contributed by atoms with Gasteiger partial charge >= 0.3 is 5.97 Å². The Hall–Kier alpha value is -4.09. The van der Waals surface area contributed by atoms with E-state index in [1.807, 2.05) is 12.1 Å². The number of nitriles is 2. The minimum atomic E-state index is -4.01. The summed E-state index contributed by atoms with van der Waals surface area (Å²) in [5.74, 6) is -0.983. The topological polar surface area (TPSA) is 150 Å². The van der Waals surface area contributed by atoms with Crippen molar-refractivity contribution in [3.63, 3.8) is 0 Å². The normalized spacial score (nSPS) is 10.4. The molecule has 0 saturated carbocycles. The molecule has 10 nitrogen and oxygen atoms in total. The molecule has 0 fully saturated rings. The highest BCUT2D eigenvalue weighted by Gasteiger charge is 2.21. The maximum absolute atomic E-state index is 12.7. The predicted octanol–water partition coefficient (Wildman–Crippen LogP) is 2.31. The molecular formula is C22H22N4O6S. The maximum atomic E-state index is 12.7. The van der Waals surface area contributed by atoms with Gasteiger partial charge in [0.15, 0.2) is 6.61 Å². The zero-order valence-corrected chi connectivity index (χ0v) is 18.7. The first kappa shape index (κ1) is 25.2. The number of hydrogen-bond acceptors (Lipinski definition) is 8. The molecule has 0 radical (unpaired) electrons. The summed E-state index contributed by atoms with van der Waals surface area (Å²) in [6.07, 6.45) is 0.141. The Kier molecular flexibility index (Phi) is 9.21. The summed E-state index contributed by atoms with van der Waals surface area (Å²) in [5.41, 5.74) is -0.0976. The number of ether oxygens (including phenoxy) is 2. The van der Waals surface area contributed by atoms with Crippen molar-refractivity contribution < 1.29 is 27.5 Å². The lowest BCUT2D eigenvalue weighted by Crippen LogP contribution is -2.36. The first-order chi connectivity index (χ1) is 15.8. The minimum Gasteiger partial charge on any atom is -0.497 e. The van der Waals surface area contributed by atoms with Gasteiger partial charge in [-0.1, -0.05) is 12.1 Å². The molecule has 0 atom stereocenters. The number of sulfonamides is 1. The summed E-state index contributed by atoms with van der Waals surface area (Å²) in [7, 11) is -2.55. The van der Waals surface area contributed by atoms with Crippen LogP contribution in [0.1, 0.15) is 23.2 Å². The summed E-state index contributed by atoms with van der Waals surface area (Å²) in [6.45, 7) is -0.408. The van der Waals surface area contributed by atoms with Crippen LogP contribution in [0.4, 0.5) is 5.69 Å². The van der Waals surface area contributed by atoms with Crippen molar-refractivity contribution in [3.8, 4) is 17.9 Å². The van der Waals surface area contributed by atoms with Gasteiger partial charge in [-0.15, -0.1) is 0 Å². The van der Waals surface area contributed by atoms with Crippen molar-refractivity contribution >= 4 is 27.6 Å². The van der Waals surface area contributed by atoms with Crippen LogP contribution in [0.5, 0.6) is 5.75 Å². The Morgan fingerprint density at radius 1 is 1.00 bits per heavy atom. The van der Waals surface area contributed by atoms with E-state index in [0.717, 1.165) is 0 Å². The fourth-order valence-electron chi connectivity index (χ4n) is 2.74. The third kappa shape index (κ3) is 7.23. The summed E-state index contributed by atoms with van der Waals surface area (Å²) >= 11 is 0. The second-order valence-corrected chi connectivity index (χ2v) is 8.28. The molecule has 2 rings (SSSR count). The van der Waals surface area contributed by atoms with Crippen LogP contribution in [0, 0.1) is 22.7 Å². The molecule has 0 spiro atoms. The van der Waals surface area contributed by atoms with Gasteiger partial charge in [0.05, 0.1) is 48.2 Å². The molecule has 1 amide bonds. The molecule has 0 bridgehead atoms. The van der Waals surface area contributed by atoms with Crippen LogP contribution in [-0.2, 0) is 19.6 Å². The lowest BCUT2D eigenvalue weighted by atomic mass is 10.2. The van der Waals surface area contributed by atoms with Crippen LogP contribution in [0.25, 0.3) is 0 Å². The highest BCUT2D eigenvalue weighted by molar-refractivity contribution is 7.92. The average Bonchev–Trinajstić information content (AvgIpc) is 2.82. The Bertz CT molecular complexity index is 1150. The maximum Gasteiger partial charge on any atom is 0.340 e. The molecular weight excluding hydrogens is 448 g/mol. The number of amides is 1. The Morgan fingerprint density at radius 2 is 1.61 bits per heavy atom. The smallest absolute Gasteiger partial charge is 0.340 e. The molecule has 0 aliphatic rings. The van der Waals surface area contributed by atoms with E-state index in [1.165, 1.54) is 54.5 Å². The van der Waals surface area contributed by atoms with Gasteiger partial charge in [-0.3, -0.25) is 9.52 Å². The molecule has 0 aliphatic heterocycles. The van der Waals surface area contributed by atoms with Gasteiger partial charge in [-0.05, 0) is 36.4 Å². The lowest BCUT2D eigenvalue weighted by Gasteiger charge is -2.20. The second kappa shape index (κ2) is 12.1. The molecule has 11 heteroatoms. The largest absolute Gasteiger partial charge is 0.497 e. The van der Waals surface area contributed by atoms with Crippen molar-refractivity contribution in [2.24, 2.45) is 0 Å². The number of carbonyl (C=O) groups is 2. The zero-order chi connectivity index (χ0) is 24.3. The molecule has 2 aromatic carbocycles. The highest BCUT2D eigenvalue weighted by Crippen LogP contribution is 2.22. The molecule has 0 saturated heterocycles. The summed E-state index contributed by atoms with van der Waals surface area (Å²) in [6, 6.07) is 15.3. The first-order valence-electron chi connectivity index (χ1n) is 9.77. The number of benzene rings is 2. The Labute approximate surface area is 192 Å². The van der Waals surface area contributed by atoms with Crippen LogP contribution in [0.2, 0.25) is 0 Å². The molecule has 0 unspecified atom stereocenters. The summed E-state index contributed by atoms with van der Waals surface area (Å²) in [4.78, 5) is 26.2. The van der Waals surface area contributed by atoms with Gasteiger partial charge in [-0.2, -0.15) is 10.5 Å². The predicted molar refractivity (Wildman–Crippen MR) is 118 cm³/mol. The van der Waals surface area contributed by atoms with E-state index in [0.29, 0.717) is 5.75 Å². The van der Waals surface area contributed by atoms with E-state index in [-0.39, 0.29) is 42.1 Å². The van der Waals surface area contributed by atoms with Crippen molar-refractivity contribution in [3.05, 3.63) is 54.1 Å². The summed E-state index contributed by atoms with van der Waals surface area (Å²) in [5, 5.41) is 17.4.